The van der Waals surface area contributed by atoms with Crippen molar-refractivity contribution in [3.8, 4) is 0 Å². The molecule has 0 unspecified atom stereocenters. The highest BCUT2D eigenvalue weighted by molar-refractivity contribution is 6.53. The van der Waals surface area contributed by atoms with Crippen molar-refractivity contribution in [1.29, 1.82) is 0 Å². The molecule has 0 N–H and O–H groups in total. The zero-order chi connectivity index (χ0) is 13.6. The van der Waals surface area contributed by atoms with Crippen molar-refractivity contribution in [2.75, 3.05) is 0 Å². The topological polar surface area (TPSA) is 0 Å². The predicted molar refractivity (Wildman–Crippen MR) is 88.5 cm³/mol. The van der Waals surface area contributed by atoms with Crippen molar-refractivity contribution in [3.63, 3.8) is 0 Å². The molecule has 0 bridgehead atoms. The van der Waals surface area contributed by atoms with Crippen LogP contribution in [-0.2, 0) is 0 Å². The lowest BCUT2D eigenvalue weighted by molar-refractivity contribution is 0.562. The molecule has 0 nitrogen and oxygen atoms in total. The highest BCUT2D eigenvalue weighted by atomic mass is 14.0. The molecule has 105 valence electrons. The lowest BCUT2D eigenvalue weighted by atomic mass is 9.66. The fraction of sp³-hybridized carbons (Fsp3) is 0.667. The van der Waals surface area contributed by atoms with Gasteiger partial charge in [-0.2, -0.15) is 0 Å². The van der Waals surface area contributed by atoms with Crippen LogP contribution in [0.15, 0.2) is 30.3 Å². The van der Waals surface area contributed by atoms with Gasteiger partial charge >= 0.3 is 0 Å². The third-order valence-corrected chi connectivity index (χ3v) is 3.74. The second kappa shape index (κ2) is 12.3. The summed E-state index contributed by atoms with van der Waals surface area (Å²) in [5.74, 6) is 0. The molecule has 0 heterocycles. The SMILES string of the molecule is CCCCCCCCCCCC[B]c1ccccc1. The van der Waals surface area contributed by atoms with Gasteiger partial charge < -0.3 is 0 Å². The first-order valence-corrected chi connectivity index (χ1v) is 8.31. The minimum absolute atomic E-state index is 1.24. The molecule has 0 fully saturated rings. The molecule has 1 aromatic carbocycles. The molecule has 1 heteroatoms. The number of rotatable bonds is 12. The van der Waals surface area contributed by atoms with Crippen LogP contribution in [0.25, 0.3) is 0 Å². The van der Waals surface area contributed by atoms with E-state index in [0.29, 0.717) is 0 Å². The predicted octanol–water partition coefficient (Wildman–Crippen LogP) is 5.36. The first-order chi connectivity index (χ1) is 9.43. The van der Waals surface area contributed by atoms with Crippen LogP contribution in [0.1, 0.15) is 71.1 Å². The number of hydrogen-bond donors (Lipinski definition) is 0. The first kappa shape index (κ1) is 16.3. The Bertz CT molecular complexity index is 281. The maximum Gasteiger partial charge on any atom is 0.151 e. The fourth-order valence-corrected chi connectivity index (χ4v) is 2.49. The molecule has 0 aliphatic carbocycles. The van der Waals surface area contributed by atoms with Crippen LogP contribution in [0.4, 0.5) is 0 Å². The van der Waals surface area contributed by atoms with Crippen molar-refractivity contribution in [1.82, 2.24) is 0 Å². The van der Waals surface area contributed by atoms with E-state index < -0.39 is 0 Å². The van der Waals surface area contributed by atoms with Gasteiger partial charge in [-0.25, -0.2) is 0 Å². The first-order valence-electron chi connectivity index (χ1n) is 8.31. The Labute approximate surface area is 121 Å². The van der Waals surface area contributed by atoms with Crippen molar-refractivity contribution < 1.29 is 0 Å². The number of hydrogen-bond acceptors (Lipinski definition) is 0. The van der Waals surface area contributed by atoms with E-state index in [9.17, 15) is 0 Å². The maximum atomic E-state index is 2.37. The molecule has 1 radical (unpaired) electrons. The summed E-state index contributed by atoms with van der Waals surface area (Å²) < 4.78 is 0. The largest absolute Gasteiger partial charge is 0.151 e. The van der Waals surface area contributed by atoms with E-state index in [1.807, 2.05) is 0 Å². The van der Waals surface area contributed by atoms with Crippen LogP contribution in [-0.4, -0.2) is 7.28 Å². The quantitative estimate of drug-likeness (QED) is 0.349. The molecule has 0 atom stereocenters. The van der Waals surface area contributed by atoms with E-state index in [4.69, 9.17) is 0 Å². The normalized spacial score (nSPS) is 10.6. The third-order valence-electron chi connectivity index (χ3n) is 3.74. The number of benzene rings is 1. The molecular formula is C18H30B. The van der Waals surface area contributed by atoms with Gasteiger partial charge in [-0.3, -0.25) is 0 Å². The summed E-state index contributed by atoms with van der Waals surface area (Å²) in [6.07, 6.45) is 15.4. The summed E-state index contributed by atoms with van der Waals surface area (Å²) in [6, 6.07) is 10.7. The second-order valence-corrected chi connectivity index (χ2v) is 5.59. The summed E-state index contributed by atoms with van der Waals surface area (Å²) >= 11 is 0. The fourth-order valence-electron chi connectivity index (χ4n) is 2.49. The average Bonchev–Trinajstić information content (AvgIpc) is 2.46. The summed E-state index contributed by atoms with van der Waals surface area (Å²) in [7, 11) is 2.37. The minimum Gasteiger partial charge on any atom is -0.0878 e. The van der Waals surface area contributed by atoms with Gasteiger partial charge in [0.25, 0.3) is 0 Å². The van der Waals surface area contributed by atoms with Gasteiger partial charge in [0.15, 0.2) is 7.28 Å². The molecule has 0 aromatic heterocycles. The van der Waals surface area contributed by atoms with E-state index in [1.165, 1.54) is 76.0 Å². The Morgan fingerprint density at radius 1 is 0.684 bits per heavy atom. The smallest absolute Gasteiger partial charge is 0.0878 e. The van der Waals surface area contributed by atoms with Gasteiger partial charge in [-0.1, -0.05) is 113 Å². The van der Waals surface area contributed by atoms with Gasteiger partial charge in [0.05, 0.1) is 0 Å². The van der Waals surface area contributed by atoms with Crippen LogP contribution in [0.5, 0.6) is 0 Å². The summed E-state index contributed by atoms with van der Waals surface area (Å²) in [5.41, 5.74) is 1.37. The molecule has 0 amide bonds. The lowest BCUT2D eigenvalue weighted by Gasteiger charge is -2.02. The zero-order valence-corrected chi connectivity index (χ0v) is 12.7. The molecule has 0 saturated carbocycles. The van der Waals surface area contributed by atoms with Crippen molar-refractivity contribution in [2.45, 2.75) is 77.5 Å². The molecule has 0 aliphatic heterocycles. The molecule has 0 spiro atoms. The Kier molecular flexibility index (Phi) is 10.6. The minimum atomic E-state index is 1.24. The Morgan fingerprint density at radius 3 is 1.79 bits per heavy atom. The molecule has 1 rings (SSSR count). The van der Waals surface area contributed by atoms with Crippen LogP contribution in [0.2, 0.25) is 6.32 Å². The molecule has 0 aliphatic rings. The second-order valence-electron chi connectivity index (χ2n) is 5.59. The van der Waals surface area contributed by atoms with E-state index in [0.717, 1.165) is 0 Å². The van der Waals surface area contributed by atoms with Crippen molar-refractivity contribution >= 4 is 12.7 Å². The molecule has 19 heavy (non-hydrogen) atoms. The van der Waals surface area contributed by atoms with Gasteiger partial charge in [0.2, 0.25) is 0 Å². The maximum absolute atomic E-state index is 2.37. The summed E-state index contributed by atoms with van der Waals surface area (Å²) in [5, 5.41) is 0. The standard InChI is InChI=1S/C18H30B/c1-2-3-4-5-6-7-8-9-10-14-17-19-18-15-12-11-13-16-18/h11-13,15-16H,2-10,14,17H2,1H3. The van der Waals surface area contributed by atoms with Crippen molar-refractivity contribution in [2.24, 2.45) is 0 Å². The van der Waals surface area contributed by atoms with Gasteiger partial charge in [0.1, 0.15) is 0 Å². The van der Waals surface area contributed by atoms with Gasteiger partial charge in [-0.05, 0) is 0 Å². The van der Waals surface area contributed by atoms with E-state index in [1.54, 1.807) is 0 Å². The molecule has 1 aromatic rings. The summed E-state index contributed by atoms with van der Waals surface area (Å²) in [6.45, 7) is 2.28. The lowest BCUT2D eigenvalue weighted by Crippen LogP contribution is -2.12. The number of unbranched alkanes of at least 4 members (excludes halogenated alkanes) is 9. The third kappa shape index (κ3) is 9.81. The van der Waals surface area contributed by atoms with Crippen LogP contribution >= 0.6 is 0 Å². The summed E-state index contributed by atoms with van der Waals surface area (Å²) in [4.78, 5) is 0. The Balaban J connectivity index is 1.79. The molecular weight excluding hydrogens is 227 g/mol. The zero-order valence-electron chi connectivity index (χ0n) is 12.7. The highest BCUT2D eigenvalue weighted by Gasteiger charge is 1.95. The van der Waals surface area contributed by atoms with Gasteiger partial charge in [-0.15, -0.1) is 0 Å². The highest BCUT2D eigenvalue weighted by Crippen LogP contribution is 2.11. The van der Waals surface area contributed by atoms with Crippen LogP contribution < -0.4 is 5.46 Å². The van der Waals surface area contributed by atoms with E-state index >= 15 is 0 Å². The van der Waals surface area contributed by atoms with Crippen LogP contribution in [0, 0.1) is 0 Å². The average molecular weight is 257 g/mol. The molecule has 0 saturated heterocycles. The van der Waals surface area contributed by atoms with E-state index in [-0.39, 0.29) is 0 Å². The monoisotopic (exact) mass is 257 g/mol. The van der Waals surface area contributed by atoms with Crippen LogP contribution in [0.3, 0.4) is 0 Å². The van der Waals surface area contributed by atoms with E-state index in [2.05, 4.69) is 44.5 Å². The van der Waals surface area contributed by atoms with Crippen molar-refractivity contribution in [3.05, 3.63) is 30.3 Å². The van der Waals surface area contributed by atoms with Gasteiger partial charge in [0, 0.05) is 0 Å². The Morgan fingerprint density at radius 2 is 1.21 bits per heavy atom. The Hall–Kier alpha value is -0.715.